The summed E-state index contributed by atoms with van der Waals surface area (Å²) in [6.45, 7) is 1.97. The van der Waals surface area contributed by atoms with Gasteiger partial charge in [-0.2, -0.15) is 13.2 Å². The van der Waals surface area contributed by atoms with Crippen molar-refractivity contribution in [3.8, 4) is 0 Å². The molecule has 16 heavy (non-hydrogen) atoms. The maximum atomic E-state index is 12.0. The second kappa shape index (κ2) is 4.84. The first-order valence-electron chi connectivity index (χ1n) is 5.14. The zero-order valence-electron chi connectivity index (χ0n) is 9.01. The van der Waals surface area contributed by atoms with Gasteiger partial charge in [-0.05, 0) is 19.8 Å². The molecule has 6 heteroatoms. The zero-order chi connectivity index (χ0) is 12.3. The highest BCUT2D eigenvalue weighted by atomic mass is 19.4. The second-order valence-corrected chi connectivity index (χ2v) is 4.06. The standard InChI is InChI=1S/C10H14F3NO2/c1-7(15)8-2-4-14(5-3-8)9(16)6-10(11,12)13/h8H,2-6H2,1H3. The van der Waals surface area contributed by atoms with E-state index < -0.39 is 18.5 Å². The third kappa shape index (κ3) is 3.83. The van der Waals surface area contributed by atoms with Gasteiger partial charge in [0.25, 0.3) is 0 Å². The number of amides is 1. The van der Waals surface area contributed by atoms with Gasteiger partial charge in [0.05, 0.1) is 0 Å². The van der Waals surface area contributed by atoms with Crippen LogP contribution in [0.5, 0.6) is 0 Å². The number of carbonyl (C=O) groups excluding carboxylic acids is 2. The lowest BCUT2D eigenvalue weighted by atomic mass is 9.93. The van der Waals surface area contributed by atoms with E-state index in [4.69, 9.17) is 0 Å². The fourth-order valence-corrected chi connectivity index (χ4v) is 1.82. The predicted octanol–water partition coefficient (Wildman–Crippen LogP) is 1.77. The van der Waals surface area contributed by atoms with E-state index in [0.717, 1.165) is 0 Å². The van der Waals surface area contributed by atoms with Gasteiger partial charge >= 0.3 is 6.18 Å². The number of likely N-dealkylation sites (tertiary alicyclic amines) is 1. The van der Waals surface area contributed by atoms with Gasteiger partial charge in [-0.15, -0.1) is 0 Å². The van der Waals surface area contributed by atoms with Crippen LogP contribution in [0.1, 0.15) is 26.2 Å². The van der Waals surface area contributed by atoms with Crippen LogP contribution in [0.15, 0.2) is 0 Å². The van der Waals surface area contributed by atoms with Crippen LogP contribution in [-0.4, -0.2) is 35.9 Å². The van der Waals surface area contributed by atoms with E-state index in [1.807, 2.05) is 0 Å². The summed E-state index contributed by atoms with van der Waals surface area (Å²) in [4.78, 5) is 23.4. The molecule has 0 saturated carbocycles. The van der Waals surface area contributed by atoms with Crippen LogP contribution in [0.3, 0.4) is 0 Å². The van der Waals surface area contributed by atoms with Crippen molar-refractivity contribution in [2.24, 2.45) is 5.92 Å². The minimum atomic E-state index is -4.45. The fraction of sp³-hybridized carbons (Fsp3) is 0.800. The zero-order valence-corrected chi connectivity index (χ0v) is 9.01. The lowest BCUT2D eigenvalue weighted by molar-refractivity contribution is -0.162. The number of rotatable bonds is 2. The fourth-order valence-electron chi connectivity index (χ4n) is 1.82. The van der Waals surface area contributed by atoms with Crippen LogP contribution < -0.4 is 0 Å². The number of piperidine rings is 1. The van der Waals surface area contributed by atoms with E-state index in [2.05, 4.69) is 0 Å². The summed E-state index contributed by atoms with van der Waals surface area (Å²) in [5.41, 5.74) is 0. The molecule has 1 aliphatic rings. The largest absolute Gasteiger partial charge is 0.397 e. The number of ketones is 1. The Morgan fingerprint density at radius 1 is 1.25 bits per heavy atom. The van der Waals surface area contributed by atoms with E-state index in [1.54, 1.807) is 0 Å². The van der Waals surface area contributed by atoms with Gasteiger partial charge in [-0.3, -0.25) is 9.59 Å². The molecule has 0 spiro atoms. The van der Waals surface area contributed by atoms with E-state index in [9.17, 15) is 22.8 Å². The molecule has 92 valence electrons. The van der Waals surface area contributed by atoms with Gasteiger partial charge in [-0.25, -0.2) is 0 Å². The van der Waals surface area contributed by atoms with Gasteiger partial charge in [0.2, 0.25) is 5.91 Å². The number of carbonyl (C=O) groups is 2. The Hall–Kier alpha value is -1.07. The van der Waals surface area contributed by atoms with Gasteiger partial charge in [0.15, 0.2) is 0 Å². The van der Waals surface area contributed by atoms with E-state index in [-0.39, 0.29) is 24.8 Å². The van der Waals surface area contributed by atoms with E-state index >= 15 is 0 Å². The molecule has 0 bridgehead atoms. The minimum absolute atomic E-state index is 0.0444. The van der Waals surface area contributed by atoms with Crippen molar-refractivity contribution in [2.45, 2.75) is 32.4 Å². The topological polar surface area (TPSA) is 37.4 Å². The van der Waals surface area contributed by atoms with Crippen molar-refractivity contribution in [1.29, 1.82) is 0 Å². The SMILES string of the molecule is CC(=O)C1CCN(C(=O)CC(F)(F)F)CC1. The van der Waals surface area contributed by atoms with Crippen molar-refractivity contribution in [1.82, 2.24) is 4.90 Å². The summed E-state index contributed by atoms with van der Waals surface area (Å²) in [5.74, 6) is -0.952. The van der Waals surface area contributed by atoms with Gasteiger partial charge in [-0.1, -0.05) is 0 Å². The number of alkyl halides is 3. The summed E-state index contributed by atoms with van der Waals surface area (Å²) in [6.07, 6.45) is -4.91. The average Bonchev–Trinajstić information content (AvgIpc) is 2.15. The van der Waals surface area contributed by atoms with Gasteiger partial charge in [0.1, 0.15) is 12.2 Å². The molecule has 1 saturated heterocycles. The molecule has 0 aromatic rings. The first-order valence-corrected chi connectivity index (χ1v) is 5.14. The lowest BCUT2D eigenvalue weighted by Crippen LogP contribution is -2.41. The molecular weight excluding hydrogens is 223 g/mol. The van der Waals surface area contributed by atoms with Crippen LogP contribution in [0.25, 0.3) is 0 Å². The molecule has 0 radical (unpaired) electrons. The Morgan fingerprint density at radius 3 is 2.12 bits per heavy atom. The molecule has 0 aromatic heterocycles. The van der Waals surface area contributed by atoms with Crippen molar-refractivity contribution in [3.63, 3.8) is 0 Å². The summed E-state index contributed by atoms with van der Waals surface area (Å²) in [5, 5.41) is 0. The molecule has 1 aliphatic heterocycles. The Morgan fingerprint density at radius 2 is 1.75 bits per heavy atom. The molecule has 0 N–H and O–H groups in total. The number of hydrogen-bond acceptors (Lipinski definition) is 2. The molecular formula is C10H14F3NO2. The van der Waals surface area contributed by atoms with E-state index in [0.29, 0.717) is 12.8 Å². The molecule has 1 heterocycles. The molecule has 0 unspecified atom stereocenters. The highest BCUT2D eigenvalue weighted by Crippen LogP contribution is 2.23. The summed E-state index contributed by atoms with van der Waals surface area (Å²) in [6, 6.07) is 0. The highest BCUT2D eigenvalue weighted by molar-refractivity contribution is 5.80. The summed E-state index contributed by atoms with van der Waals surface area (Å²) >= 11 is 0. The molecule has 1 rings (SSSR count). The van der Waals surface area contributed by atoms with E-state index in [1.165, 1.54) is 11.8 Å². The van der Waals surface area contributed by atoms with Crippen LogP contribution in [0.4, 0.5) is 13.2 Å². The predicted molar refractivity (Wildman–Crippen MR) is 50.7 cm³/mol. The van der Waals surface area contributed by atoms with Crippen LogP contribution in [-0.2, 0) is 9.59 Å². The first kappa shape index (κ1) is 13.0. The van der Waals surface area contributed by atoms with Crippen LogP contribution in [0, 0.1) is 5.92 Å². The third-order valence-corrected chi connectivity index (χ3v) is 2.77. The monoisotopic (exact) mass is 237 g/mol. The molecule has 0 atom stereocenters. The lowest BCUT2D eigenvalue weighted by Gasteiger charge is -2.31. The van der Waals surface area contributed by atoms with Gasteiger partial charge < -0.3 is 4.90 Å². The van der Waals surface area contributed by atoms with Crippen molar-refractivity contribution >= 4 is 11.7 Å². The average molecular weight is 237 g/mol. The Labute approximate surface area is 91.6 Å². The Kier molecular flexibility index (Phi) is 3.93. The quantitative estimate of drug-likeness (QED) is 0.734. The molecule has 0 aromatic carbocycles. The summed E-state index contributed by atoms with van der Waals surface area (Å²) in [7, 11) is 0. The van der Waals surface area contributed by atoms with Crippen LogP contribution in [0.2, 0.25) is 0 Å². The maximum Gasteiger partial charge on any atom is 0.397 e. The highest BCUT2D eigenvalue weighted by Gasteiger charge is 2.35. The normalized spacial score (nSPS) is 18.6. The second-order valence-electron chi connectivity index (χ2n) is 4.06. The van der Waals surface area contributed by atoms with Crippen LogP contribution >= 0.6 is 0 Å². The number of Topliss-reactive ketones (excluding diaryl/α,β-unsaturated/α-hetero) is 1. The minimum Gasteiger partial charge on any atom is -0.342 e. The summed E-state index contributed by atoms with van der Waals surface area (Å²) < 4.78 is 35.9. The van der Waals surface area contributed by atoms with Crippen molar-refractivity contribution in [3.05, 3.63) is 0 Å². The third-order valence-electron chi connectivity index (χ3n) is 2.77. The molecule has 1 fully saturated rings. The number of halogens is 3. The van der Waals surface area contributed by atoms with Crippen molar-refractivity contribution < 1.29 is 22.8 Å². The number of hydrogen-bond donors (Lipinski definition) is 0. The molecule has 3 nitrogen and oxygen atoms in total. The molecule has 1 amide bonds. The Balaban J connectivity index is 2.42. The molecule has 0 aliphatic carbocycles. The van der Waals surface area contributed by atoms with Gasteiger partial charge in [0, 0.05) is 19.0 Å². The first-order chi connectivity index (χ1) is 7.29. The smallest absolute Gasteiger partial charge is 0.342 e. The number of nitrogens with zero attached hydrogens (tertiary/aromatic N) is 1. The van der Waals surface area contributed by atoms with Crippen molar-refractivity contribution in [2.75, 3.05) is 13.1 Å². The Bertz CT molecular complexity index is 280. The maximum absolute atomic E-state index is 12.0.